The van der Waals surface area contributed by atoms with Gasteiger partial charge in [0.2, 0.25) is 0 Å². The van der Waals surface area contributed by atoms with Gasteiger partial charge in [-0.05, 0) is 39.0 Å². The SMILES string of the molecule is CCc1nn(CC)c(CC(C)CC(C)O)c1Cl. The number of aromatic nitrogens is 2. The van der Waals surface area contributed by atoms with Crippen LogP contribution >= 0.6 is 11.6 Å². The van der Waals surface area contributed by atoms with E-state index in [9.17, 15) is 5.11 Å². The minimum Gasteiger partial charge on any atom is -0.393 e. The van der Waals surface area contributed by atoms with Crippen molar-refractivity contribution in [3.8, 4) is 0 Å². The first-order valence-electron chi connectivity index (χ1n) is 6.41. The molecule has 0 radical (unpaired) electrons. The highest BCUT2D eigenvalue weighted by Gasteiger charge is 2.17. The summed E-state index contributed by atoms with van der Waals surface area (Å²) in [5.41, 5.74) is 2.09. The second-order valence-electron chi connectivity index (χ2n) is 4.77. The molecule has 3 nitrogen and oxygen atoms in total. The highest BCUT2D eigenvalue weighted by Crippen LogP contribution is 2.25. The number of nitrogens with zero attached hydrogens (tertiary/aromatic N) is 2. The second kappa shape index (κ2) is 6.41. The van der Waals surface area contributed by atoms with E-state index in [1.807, 2.05) is 11.6 Å². The number of hydrogen-bond donors (Lipinski definition) is 1. The van der Waals surface area contributed by atoms with E-state index in [0.29, 0.717) is 5.92 Å². The molecule has 0 saturated heterocycles. The first kappa shape index (κ1) is 14.5. The number of aliphatic hydroxyl groups excluding tert-OH is 1. The molecule has 1 aromatic rings. The maximum absolute atomic E-state index is 9.39. The average Bonchev–Trinajstić information content (AvgIpc) is 2.55. The Morgan fingerprint density at radius 3 is 2.47 bits per heavy atom. The molecule has 0 saturated carbocycles. The van der Waals surface area contributed by atoms with Gasteiger partial charge in [-0.25, -0.2) is 0 Å². The molecule has 0 aromatic carbocycles. The normalized spacial score (nSPS) is 14.9. The van der Waals surface area contributed by atoms with E-state index < -0.39 is 0 Å². The fourth-order valence-corrected chi connectivity index (χ4v) is 2.55. The molecule has 0 aliphatic heterocycles. The maximum Gasteiger partial charge on any atom is 0.0849 e. The van der Waals surface area contributed by atoms with Crippen LogP contribution in [0.4, 0.5) is 0 Å². The molecule has 0 bridgehead atoms. The third kappa shape index (κ3) is 3.71. The minimum atomic E-state index is -0.257. The topological polar surface area (TPSA) is 38.0 Å². The lowest BCUT2D eigenvalue weighted by Gasteiger charge is -2.14. The molecule has 0 aliphatic rings. The minimum absolute atomic E-state index is 0.257. The summed E-state index contributed by atoms with van der Waals surface area (Å²) >= 11 is 6.34. The first-order chi connectivity index (χ1) is 7.99. The molecule has 17 heavy (non-hydrogen) atoms. The van der Waals surface area contributed by atoms with Crippen LogP contribution in [0.2, 0.25) is 5.02 Å². The van der Waals surface area contributed by atoms with Gasteiger partial charge in [-0.15, -0.1) is 0 Å². The summed E-state index contributed by atoms with van der Waals surface area (Å²) in [6.07, 6.45) is 2.29. The van der Waals surface area contributed by atoms with Crippen molar-refractivity contribution in [2.24, 2.45) is 5.92 Å². The van der Waals surface area contributed by atoms with E-state index in [2.05, 4.69) is 25.9 Å². The number of hydrogen-bond acceptors (Lipinski definition) is 2. The molecular formula is C13H23ClN2O. The zero-order valence-electron chi connectivity index (χ0n) is 11.2. The number of halogens is 1. The van der Waals surface area contributed by atoms with Crippen LogP contribution in [-0.4, -0.2) is 21.0 Å². The van der Waals surface area contributed by atoms with Crippen LogP contribution < -0.4 is 0 Å². The van der Waals surface area contributed by atoms with E-state index in [0.717, 1.165) is 42.2 Å². The van der Waals surface area contributed by atoms with Crippen molar-refractivity contribution in [2.45, 2.75) is 59.6 Å². The van der Waals surface area contributed by atoms with E-state index in [4.69, 9.17) is 11.6 Å². The van der Waals surface area contributed by atoms with Crippen LogP contribution in [0.1, 0.15) is 45.5 Å². The van der Waals surface area contributed by atoms with Crippen LogP contribution in [0.5, 0.6) is 0 Å². The summed E-state index contributed by atoms with van der Waals surface area (Å²) in [6.45, 7) is 8.95. The molecule has 2 atom stereocenters. The van der Waals surface area contributed by atoms with Gasteiger partial charge in [0, 0.05) is 6.54 Å². The lowest BCUT2D eigenvalue weighted by atomic mass is 9.98. The van der Waals surface area contributed by atoms with Gasteiger partial charge in [0.1, 0.15) is 0 Å². The molecule has 0 fully saturated rings. The van der Waals surface area contributed by atoms with Crippen LogP contribution in [0, 0.1) is 5.92 Å². The lowest BCUT2D eigenvalue weighted by molar-refractivity contribution is 0.163. The summed E-state index contributed by atoms with van der Waals surface area (Å²) in [5, 5.41) is 14.7. The molecule has 1 aromatic heterocycles. The smallest absolute Gasteiger partial charge is 0.0849 e. The standard InChI is InChI=1S/C13H23ClN2O/c1-5-11-13(14)12(16(6-2)15-11)8-9(3)7-10(4)17/h9-10,17H,5-8H2,1-4H3. The van der Waals surface area contributed by atoms with Gasteiger partial charge in [0.15, 0.2) is 0 Å². The van der Waals surface area contributed by atoms with Crippen LogP contribution in [0.3, 0.4) is 0 Å². The van der Waals surface area contributed by atoms with E-state index in [1.165, 1.54) is 0 Å². The third-order valence-corrected chi connectivity index (χ3v) is 3.42. The van der Waals surface area contributed by atoms with Crippen molar-refractivity contribution < 1.29 is 5.11 Å². The molecule has 4 heteroatoms. The van der Waals surface area contributed by atoms with Gasteiger partial charge in [-0.1, -0.05) is 25.4 Å². The monoisotopic (exact) mass is 258 g/mol. The van der Waals surface area contributed by atoms with Crippen LogP contribution in [-0.2, 0) is 19.4 Å². The predicted molar refractivity (Wildman–Crippen MR) is 71.5 cm³/mol. The number of rotatable bonds is 6. The number of aryl methyl sites for hydroxylation is 2. The van der Waals surface area contributed by atoms with Crippen molar-refractivity contribution in [3.63, 3.8) is 0 Å². The quantitative estimate of drug-likeness (QED) is 0.852. The van der Waals surface area contributed by atoms with E-state index in [1.54, 1.807) is 0 Å². The zero-order chi connectivity index (χ0) is 13.0. The third-order valence-electron chi connectivity index (χ3n) is 2.98. The predicted octanol–water partition coefficient (Wildman–Crippen LogP) is 3.07. The molecule has 0 amide bonds. The van der Waals surface area contributed by atoms with Crippen molar-refractivity contribution in [3.05, 3.63) is 16.4 Å². The molecule has 1 heterocycles. The molecule has 2 unspecified atom stereocenters. The molecule has 98 valence electrons. The Morgan fingerprint density at radius 2 is 2.00 bits per heavy atom. The van der Waals surface area contributed by atoms with Crippen molar-refractivity contribution in [1.82, 2.24) is 9.78 Å². The molecular weight excluding hydrogens is 236 g/mol. The highest BCUT2D eigenvalue weighted by atomic mass is 35.5. The Kier molecular flexibility index (Phi) is 5.47. The zero-order valence-corrected chi connectivity index (χ0v) is 12.0. The van der Waals surface area contributed by atoms with Gasteiger partial charge in [-0.3, -0.25) is 4.68 Å². The Morgan fingerprint density at radius 1 is 1.35 bits per heavy atom. The Hall–Kier alpha value is -0.540. The van der Waals surface area contributed by atoms with Crippen molar-refractivity contribution in [2.75, 3.05) is 0 Å². The Labute approximate surface area is 109 Å². The van der Waals surface area contributed by atoms with E-state index in [-0.39, 0.29) is 6.10 Å². The van der Waals surface area contributed by atoms with Crippen LogP contribution in [0.15, 0.2) is 0 Å². The van der Waals surface area contributed by atoms with Gasteiger partial charge in [0.25, 0.3) is 0 Å². The second-order valence-corrected chi connectivity index (χ2v) is 5.15. The summed E-state index contributed by atoms with van der Waals surface area (Å²) in [7, 11) is 0. The largest absolute Gasteiger partial charge is 0.393 e. The maximum atomic E-state index is 9.39. The Bertz CT molecular complexity index is 361. The molecule has 0 aliphatic carbocycles. The average molecular weight is 259 g/mol. The fourth-order valence-electron chi connectivity index (χ4n) is 2.21. The van der Waals surface area contributed by atoms with Crippen LogP contribution in [0.25, 0.3) is 0 Å². The van der Waals surface area contributed by atoms with Crippen molar-refractivity contribution in [1.29, 1.82) is 0 Å². The Balaban J connectivity index is 2.85. The summed E-state index contributed by atoms with van der Waals surface area (Å²) in [4.78, 5) is 0. The van der Waals surface area contributed by atoms with Gasteiger partial charge in [-0.2, -0.15) is 5.10 Å². The van der Waals surface area contributed by atoms with Gasteiger partial charge >= 0.3 is 0 Å². The molecule has 0 spiro atoms. The lowest BCUT2D eigenvalue weighted by Crippen LogP contribution is -2.12. The van der Waals surface area contributed by atoms with E-state index >= 15 is 0 Å². The first-order valence-corrected chi connectivity index (χ1v) is 6.79. The summed E-state index contributed by atoms with van der Waals surface area (Å²) < 4.78 is 1.99. The summed E-state index contributed by atoms with van der Waals surface area (Å²) in [6, 6.07) is 0. The van der Waals surface area contributed by atoms with Gasteiger partial charge in [0.05, 0.1) is 22.5 Å². The van der Waals surface area contributed by atoms with Crippen molar-refractivity contribution >= 4 is 11.6 Å². The van der Waals surface area contributed by atoms with Gasteiger partial charge < -0.3 is 5.11 Å². The summed E-state index contributed by atoms with van der Waals surface area (Å²) in [5.74, 6) is 0.416. The molecule has 1 N–H and O–H groups in total. The molecule has 1 rings (SSSR count). The highest BCUT2D eigenvalue weighted by molar-refractivity contribution is 6.31. The fraction of sp³-hybridized carbons (Fsp3) is 0.769. The number of aliphatic hydroxyl groups is 1.